The zero-order valence-electron chi connectivity index (χ0n) is 6.29. The van der Waals surface area contributed by atoms with Gasteiger partial charge in [0.25, 0.3) is 0 Å². The van der Waals surface area contributed by atoms with Crippen molar-refractivity contribution in [3.8, 4) is 0 Å². The number of methoxy groups -OCH3 is 1. The van der Waals surface area contributed by atoms with Gasteiger partial charge in [-0.1, -0.05) is 12.2 Å². The van der Waals surface area contributed by atoms with E-state index in [2.05, 4.69) is 4.99 Å². The Morgan fingerprint density at radius 1 is 1.60 bits per heavy atom. The first-order valence-electron chi connectivity index (χ1n) is 3.27. The molecular weight excluding hydrogens is 126 g/mol. The number of rotatable bonds is 0. The first-order valence-corrected chi connectivity index (χ1v) is 3.27. The monoisotopic (exact) mass is 137 g/mol. The van der Waals surface area contributed by atoms with Crippen molar-refractivity contribution in [2.24, 2.45) is 4.99 Å². The van der Waals surface area contributed by atoms with Gasteiger partial charge >= 0.3 is 0 Å². The molecule has 0 fully saturated rings. The fraction of sp³-hybridized carbons (Fsp3) is 0.375. The summed E-state index contributed by atoms with van der Waals surface area (Å²) in [4.78, 5) is 4.09. The molecular formula is C8H11NO. The summed E-state index contributed by atoms with van der Waals surface area (Å²) < 4.78 is 4.97. The molecule has 0 bridgehead atoms. The highest BCUT2D eigenvalue weighted by molar-refractivity contribution is 5.78. The maximum atomic E-state index is 4.97. The Labute approximate surface area is 60.9 Å². The summed E-state index contributed by atoms with van der Waals surface area (Å²) in [6.45, 7) is 2.01. The van der Waals surface area contributed by atoms with Gasteiger partial charge in [-0.15, -0.1) is 0 Å². The van der Waals surface area contributed by atoms with Crippen molar-refractivity contribution in [2.45, 2.75) is 13.3 Å². The Balaban J connectivity index is 2.74. The number of allylic oxidation sites excluding steroid dienone is 2. The highest BCUT2D eigenvalue weighted by Crippen LogP contribution is 2.03. The molecule has 0 N–H and O–H groups in total. The van der Waals surface area contributed by atoms with E-state index in [1.165, 1.54) is 0 Å². The van der Waals surface area contributed by atoms with E-state index >= 15 is 0 Å². The number of aliphatic imine (C=N–C) groups is 1. The lowest BCUT2D eigenvalue weighted by Crippen LogP contribution is -1.96. The Hall–Kier alpha value is -1.05. The summed E-state index contributed by atoms with van der Waals surface area (Å²) in [5.74, 6) is 0.771. The molecule has 0 aromatic carbocycles. The van der Waals surface area contributed by atoms with E-state index < -0.39 is 0 Å². The van der Waals surface area contributed by atoms with E-state index in [9.17, 15) is 0 Å². The maximum absolute atomic E-state index is 4.97. The minimum absolute atomic E-state index is 0.771. The Morgan fingerprint density at radius 2 is 2.40 bits per heavy atom. The van der Waals surface area contributed by atoms with Crippen LogP contribution in [-0.2, 0) is 4.74 Å². The van der Waals surface area contributed by atoms with Gasteiger partial charge in [-0.2, -0.15) is 0 Å². The Bertz CT molecular complexity index is 201. The molecule has 0 saturated carbocycles. The largest absolute Gasteiger partial charge is 0.484 e. The lowest BCUT2D eigenvalue weighted by Gasteiger charge is -1.96. The van der Waals surface area contributed by atoms with E-state index in [0.717, 1.165) is 17.9 Å². The van der Waals surface area contributed by atoms with Crippen molar-refractivity contribution < 1.29 is 4.74 Å². The molecule has 0 aliphatic carbocycles. The molecule has 0 aromatic heterocycles. The molecule has 0 spiro atoms. The van der Waals surface area contributed by atoms with E-state index in [1.54, 1.807) is 7.11 Å². The standard InChI is InChI=1S/C8H11NO/c1-7-4-3-5-8(10-2)9-6-7/h3-4,6H,5H2,1-2H3. The molecule has 1 aliphatic rings. The quantitative estimate of drug-likeness (QED) is 0.499. The van der Waals surface area contributed by atoms with Gasteiger partial charge in [-0.25, -0.2) is 4.99 Å². The van der Waals surface area contributed by atoms with Crippen LogP contribution < -0.4 is 0 Å². The van der Waals surface area contributed by atoms with Crippen LogP contribution in [0.2, 0.25) is 0 Å². The lowest BCUT2D eigenvalue weighted by atomic mass is 10.3. The summed E-state index contributed by atoms with van der Waals surface area (Å²) in [7, 11) is 1.64. The summed E-state index contributed by atoms with van der Waals surface area (Å²) in [6.07, 6.45) is 6.68. The van der Waals surface area contributed by atoms with Gasteiger partial charge in [0.15, 0.2) is 5.90 Å². The van der Waals surface area contributed by atoms with Crippen LogP contribution in [-0.4, -0.2) is 13.0 Å². The van der Waals surface area contributed by atoms with Gasteiger partial charge in [-0.3, -0.25) is 0 Å². The molecule has 10 heavy (non-hydrogen) atoms. The Kier molecular flexibility index (Phi) is 2.26. The smallest absolute Gasteiger partial charge is 0.191 e. The molecule has 0 atom stereocenters. The van der Waals surface area contributed by atoms with Gasteiger partial charge in [0, 0.05) is 12.6 Å². The number of ether oxygens (including phenoxy) is 1. The van der Waals surface area contributed by atoms with E-state index in [4.69, 9.17) is 4.74 Å². The molecule has 0 aromatic rings. The van der Waals surface area contributed by atoms with Crippen molar-refractivity contribution in [3.05, 3.63) is 23.9 Å². The zero-order chi connectivity index (χ0) is 7.40. The number of nitrogens with zero attached hydrogens (tertiary/aromatic N) is 1. The predicted octanol–water partition coefficient (Wildman–Crippen LogP) is 1.89. The van der Waals surface area contributed by atoms with Crippen LogP contribution in [0.5, 0.6) is 0 Å². The Morgan fingerprint density at radius 3 is 3.10 bits per heavy atom. The molecule has 2 nitrogen and oxygen atoms in total. The van der Waals surface area contributed by atoms with Crippen LogP contribution in [0, 0.1) is 0 Å². The maximum Gasteiger partial charge on any atom is 0.191 e. The third-order valence-corrected chi connectivity index (χ3v) is 1.32. The average molecular weight is 137 g/mol. The highest BCUT2D eigenvalue weighted by atomic mass is 16.5. The minimum atomic E-state index is 0.771. The van der Waals surface area contributed by atoms with Crippen LogP contribution in [0.25, 0.3) is 0 Å². The molecule has 0 saturated heterocycles. The van der Waals surface area contributed by atoms with Crippen molar-refractivity contribution in [2.75, 3.05) is 7.11 Å². The SMILES string of the molecule is COC1=NC=C(C)C=CC1. The van der Waals surface area contributed by atoms with Gasteiger partial charge in [0.2, 0.25) is 0 Å². The van der Waals surface area contributed by atoms with Gasteiger partial charge in [0.05, 0.1) is 7.11 Å². The third kappa shape index (κ3) is 1.72. The zero-order valence-corrected chi connectivity index (χ0v) is 6.29. The minimum Gasteiger partial charge on any atom is -0.484 e. The van der Waals surface area contributed by atoms with Crippen LogP contribution in [0.15, 0.2) is 28.9 Å². The van der Waals surface area contributed by atoms with Crippen molar-refractivity contribution in [1.82, 2.24) is 0 Å². The molecule has 2 heteroatoms. The first-order chi connectivity index (χ1) is 4.83. The van der Waals surface area contributed by atoms with Gasteiger partial charge in [0.1, 0.15) is 0 Å². The summed E-state index contributed by atoms with van der Waals surface area (Å²) >= 11 is 0. The highest BCUT2D eigenvalue weighted by Gasteiger charge is 1.95. The van der Waals surface area contributed by atoms with Crippen molar-refractivity contribution >= 4 is 5.90 Å². The second-order valence-corrected chi connectivity index (χ2v) is 2.21. The molecule has 1 aliphatic heterocycles. The summed E-state index contributed by atoms with van der Waals surface area (Å²) in [5, 5.41) is 0. The van der Waals surface area contributed by atoms with E-state index in [0.29, 0.717) is 0 Å². The molecule has 0 radical (unpaired) electrons. The van der Waals surface area contributed by atoms with Crippen LogP contribution in [0.4, 0.5) is 0 Å². The molecule has 0 amide bonds. The fourth-order valence-corrected chi connectivity index (χ4v) is 0.751. The molecule has 1 heterocycles. The first kappa shape index (κ1) is 7.06. The normalized spacial score (nSPS) is 17.4. The van der Waals surface area contributed by atoms with E-state index in [1.807, 2.05) is 25.3 Å². The van der Waals surface area contributed by atoms with Crippen molar-refractivity contribution in [1.29, 1.82) is 0 Å². The molecule has 54 valence electrons. The second kappa shape index (κ2) is 3.20. The second-order valence-electron chi connectivity index (χ2n) is 2.21. The summed E-state index contributed by atoms with van der Waals surface area (Å²) in [6, 6.07) is 0. The molecule has 0 unspecified atom stereocenters. The van der Waals surface area contributed by atoms with Crippen LogP contribution in [0.3, 0.4) is 0 Å². The number of hydrogen-bond acceptors (Lipinski definition) is 2. The average Bonchev–Trinajstić information content (AvgIpc) is 2.14. The summed E-state index contributed by atoms with van der Waals surface area (Å²) in [5.41, 5.74) is 1.16. The fourth-order valence-electron chi connectivity index (χ4n) is 0.751. The topological polar surface area (TPSA) is 21.6 Å². The van der Waals surface area contributed by atoms with Crippen LogP contribution in [0.1, 0.15) is 13.3 Å². The number of hydrogen-bond donors (Lipinski definition) is 0. The van der Waals surface area contributed by atoms with Gasteiger partial charge < -0.3 is 4.74 Å². The van der Waals surface area contributed by atoms with Gasteiger partial charge in [-0.05, 0) is 12.5 Å². The lowest BCUT2D eigenvalue weighted by molar-refractivity contribution is 0.395. The van der Waals surface area contributed by atoms with Crippen LogP contribution >= 0.6 is 0 Å². The molecule has 1 rings (SSSR count). The van der Waals surface area contributed by atoms with Crippen molar-refractivity contribution in [3.63, 3.8) is 0 Å². The third-order valence-electron chi connectivity index (χ3n) is 1.32. The van der Waals surface area contributed by atoms with E-state index in [-0.39, 0.29) is 0 Å². The predicted molar refractivity (Wildman–Crippen MR) is 42.0 cm³/mol.